The summed E-state index contributed by atoms with van der Waals surface area (Å²) in [5, 5.41) is 8.19. The van der Waals surface area contributed by atoms with Gasteiger partial charge in [-0.2, -0.15) is 5.10 Å². The largest absolute Gasteiger partial charge is 0.377 e. The highest BCUT2D eigenvalue weighted by atomic mass is 16.5. The van der Waals surface area contributed by atoms with Crippen molar-refractivity contribution in [3.05, 3.63) is 17.5 Å². The van der Waals surface area contributed by atoms with E-state index in [2.05, 4.69) is 31.2 Å². The van der Waals surface area contributed by atoms with Crippen molar-refractivity contribution in [2.45, 2.75) is 51.8 Å². The van der Waals surface area contributed by atoms with Crippen LogP contribution in [0.15, 0.2) is 6.20 Å². The Morgan fingerprint density at radius 2 is 2.16 bits per heavy atom. The molecule has 25 heavy (non-hydrogen) atoms. The van der Waals surface area contributed by atoms with E-state index in [1.54, 1.807) is 0 Å². The van der Waals surface area contributed by atoms with Crippen LogP contribution in [0.5, 0.6) is 0 Å². The Morgan fingerprint density at radius 3 is 2.84 bits per heavy atom. The van der Waals surface area contributed by atoms with E-state index in [0.29, 0.717) is 24.5 Å². The van der Waals surface area contributed by atoms with Gasteiger partial charge in [0.1, 0.15) is 0 Å². The molecule has 1 N–H and O–H groups in total. The molecule has 0 unspecified atom stereocenters. The zero-order valence-corrected chi connectivity index (χ0v) is 16.0. The van der Waals surface area contributed by atoms with Crippen LogP contribution in [0.2, 0.25) is 0 Å². The number of hydrogen-bond donors (Lipinski definition) is 1. The van der Waals surface area contributed by atoms with Gasteiger partial charge < -0.3 is 15.0 Å². The third kappa shape index (κ3) is 2.45. The van der Waals surface area contributed by atoms with Crippen molar-refractivity contribution in [1.29, 1.82) is 0 Å². The molecular weight excluding hydrogens is 316 g/mol. The van der Waals surface area contributed by atoms with Gasteiger partial charge in [-0.3, -0.25) is 9.48 Å². The Hall–Kier alpha value is -1.40. The molecule has 138 valence electrons. The molecule has 1 aromatic rings. The molecule has 0 radical (unpaired) electrons. The quantitative estimate of drug-likeness (QED) is 0.901. The number of likely N-dealkylation sites (tertiary alicyclic amines) is 1. The van der Waals surface area contributed by atoms with Crippen molar-refractivity contribution in [3.63, 3.8) is 0 Å². The summed E-state index contributed by atoms with van der Waals surface area (Å²) in [5.74, 6) is 1.15. The van der Waals surface area contributed by atoms with Gasteiger partial charge in [-0.05, 0) is 13.3 Å². The maximum atomic E-state index is 12.4. The lowest BCUT2D eigenvalue weighted by atomic mass is 9.57. The lowest BCUT2D eigenvalue weighted by Gasteiger charge is -2.55. The average Bonchev–Trinajstić information content (AvgIpc) is 3.21. The highest BCUT2D eigenvalue weighted by Crippen LogP contribution is 2.52. The minimum atomic E-state index is 0.118. The number of ether oxygens (including phenoxy) is 1. The van der Waals surface area contributed by atoms with E-state index in [1.807, 2.05) is 29.9 Å². The first kappa shape index (κ1) is 17.0. The van der Waals surface area contributed by atoms with Crippen LogP contribution in [0, 0.1) is 24.2 Å². The number of aromatic nitrogens is 2. The van der Waals surface area contributed by atoms with E-state index >= 15 is 0 Å². The fraction of sp³-hybridized carbons (Fsp3) is 0.789. The van der Waals surface area contributed by atoms with Crippen LogP contribution in [0.4, 0.5) is 0 Å². The van der Waals surface area contributed by atoms with Crippen LogP contribution in [0.3, 0.4) is 0 Å². The first-order valence-corrected chi connectivity index (χ1v) is 9.41. The minimum Gasteiger partial charge on any atom is -0.377 e. The van der Waals surface area contributed by atoms with Crippen molar-refractivity contribution in [3.8, 4) is 0 Å². The third-order valence-electron chi connectivity index (χ3n) is 6.99. The number of amides is 1. The summed E-state index contributed by atoms with van der Waals surface area (Å²) in [6.07, 6.45) is 4.09. The summed E-state index contributed by atoms with van der Waals surface area (Å²) in [7, 11) is 3.88. The smallest absolute Gasteiger partial charge is 0.223 e. The van der Waals surface area contributed by atoms with Crippen LogP contribution in [-0.2, 0) is 16.6 Å². The summed E-state index contributed by atoms with van der Waals surface area (Å²) in [6.45, 7) is 8.43. The topological polar surface area (TPSA) is 59.4 Å². The molecule has 1 aliphatic carbocycles. The number of aryl methyl sites for hydroxylation is 1. The molecule has 2 aliphatic heterocycles. The Balaban J connectivity index is 1.49. The van der Waals surface area contributed by atoms with Crippen molar-refractivity contribution >= 4 is 5.91 Å². The lowest BCUT2D eigenvalue weighted by Crippen LogP contribution is -2.66. The fourth-order valence-corrected chi connectivity index (χ4v) is 5.42. The van der Waals surface area contributed by atoms with E-state index in [9.17, 15) is 4.79 Å². The van der Waals surface area contributed by atoms with Gasteiger partial charge in [0, 0.05) is 68.2 Å². The van der Waals surface area contributed by atoms with Gasteiger partial charge >= 0.3 is 0 Å². The zero-order valence-electron chi connectivity index (χ0n) is 16.0. The number of nitrogens with one attached hydrogen (secondary N) is 1. The molecule has 0 aromatic carbocycles. The summed E-state index contributed by atoms with van der Waals surface area (Å²) in [6, 6.07) is 0.601. The Morgan fingerprint density at radius 1 is 1.40 bits per heavy atom. The Bertz CT molecular complexity index is 683. The van der Waals surface area contributed by atoms with Crippen LogP contribution in [-0.4, -0.2) is 52.9 Å². The van der Waals surface area contributed by atoms with E-state index in [4.69, 9.17) is 4.74 Å². The summed E-state index contributed by atoms with van der Waals surface area (Å²) in [4.78, 5) is 14.3. The molecule has 6 heteroatoms. The molecule has 1 aromatic heterocycles. The molecular formula is C19H30N4O2. The second-order valence-electron chi connectivity index (χ2n) is 8.67. The highest BCUT2D eigenvalue weighted by molar-refractivity contribution is 5.79. The number of carbonyl (C=O) groups excluding carboxylic acids is 1. The number of fused-ring (bicyclic) bond motifs is 1. The molecule has 4 rings (SSSR count). The van der Waals surface area contributed by atoms with Crippen LogP contribution >= 0.6 is 0 Å². The van der Waals surface area contributed by atoms with Gasteiger partial charge in [0.2, 0.25) is 5.91 Å². The summed E-state index contributed by atoms with van der Waals surface area (Å²) < 4.78 is 7.79. The minimum absolute atomic E-state index is 0.118. The monoisotopic (exact) mass is 346 g/mol. The normalized spacial score (nSPS) is 36.6. The Kier molecular flexibility index (Phi) is 3.96. The van der Waals surface area contributed by atoms with Crippen molar-refractivity contribution in [2.75, 3.05) is 20.2 Å². The van der Waals surface area contributed by atoms with Crippen molar-refractivity contribution in [2.24, 2.45) is 24.3 Å². The van der Waals surface area contributed by atoms with E-state index < -0.39 is 0 Å². The van der Waals surface area contributed by atoms with Gasteiger partial charge in [0.25, 0.3) is 0 Å². The molecule has 6 nitrogen and oxygen atoms in total. The molecule has 3 fully saturated rings. The van der Waals surface area contributed by atoms with Crippen LogP contribution < -0.4 is 5.32 Å². The standard InChI is InChI=1S/C19H30N4O2/c1-11-14(10-21-23(11)5)16-12(8-15(24)22(16)4)9-20-17-13-6-7-25-18(13)19(17,2)3/h10,12-13,16-18,20H,6-9H2,1-5H3/t12-,13-,16+,17+,18+/m0/s1. The number of carbonyl (C=O) groups is 1. The lowest BCUT2D eigenvalue weighted by molar-refractivity contribution is -0.127. The van der Waals surface area contributed by atoms with Crippen LogP contribution in [0.1, 0.15) is 44.0 Å². The second-order valence-corrected chi connectivity index (χ2v) is 8.67. The molecule has 1 saturated carbocycles. The van der Waals surface area contributed by atoms with E-state index in [0.717, 1.165) is 25.3 Å². The average molecular weight is 346 g/mol. The molecule has 2 saturated heterocycles. The predicted molar refractivity (Wildman–Crippen MR) is 95.0 cm³/mol. The number of hydrogen-bond acceptors (Lipinski definition) is 4. The molecule has 3 aliphatic rings. The SMILES string of the molecule is Cc1c([C@H]2[C@H](CN[C@@H]3[C@@H]4CCO[C@H]4C3(C)C)CC(=O)N2C)cnn1C. The number of nitrogens with zero attached hydrogens (tertiary/aromatic N) is 3. The molecule has 1 amide bonds. The third-order valence-corrected chi connectivity index (χ3v) is 6.99. The summed E-state index contributed by atoms with van der Waals surface area (Å²) in [5.41, 5.74) is 2.50. The molecule has 5 atom stereocenters. The highest BCUT2D eigenvalue weighted by Gasteiger charge is 2.59. The second kappa shape index (κ2) is 5.81. The van der Waals surface area contributed by atoms with Gasteiger partial charge in [-0.15, -0.1) is 0 Å². The van der Waals surface area contributed by atoms with Gasteiger partial charge in [0.05, 0.1) is 18.3 Å². The molecule has 0 bridgehead atoms. The van der Waals surface area contributed by atoms with Gasteiger partial charge in [-0.1, -0.05) is 13.8 Å². The maximum Gasteiger partial charge on any atom is 0.223 e. The predicted octanol–water partition coefficient (Wildman–Crippen LogP) is 1.65. The Labute approximate surface area is 149 Å². The summed E-state index contributed by atoms with van der Waals surface area (Å²) >= 11 is 0. The molecule has 0 spiro atoms. The molecule has 3 heterocycles. The van der Waals surface area contributed by atoms with Crippen molar-refractivity contribution < 1.29 is 9.53 Å². The van der Waals surface area contributed by atoms with E-state index in [-0.39, 0.29) is 23.3 Å². The van der Waals surface area contributed by atoms with Gasteiger partial charge in [0.15, 0.2) is 0 Å². The first-order chi connectivity index (χ1) is 11.8. The first-order valence-electron chi connectivity index (χ1n) is 9.41. The van der Waals surface area contributed by atoms with Crippen molar-refractivity contribution in [1.82, 2.24) is 20.0 Å². The van der Waals surface area contributed by atoms with E-state index in [1.165, 1.54) is 5.56 Å². The zero-order chi connectivity index (χ0) is 17.9. The van der Waals surface area contributed by atoms with Gasteiger partial charge in [-0.25, -0.2) is 0 Å². The number of rotatable bonds is 4. The van der Waals surface area contributed by atoms with Crippen LogP contribution in [0.25, 0.3) is 0 Å². The maximum absolute atomic E-state index is 12.4. The fourth-order valence-electron chi connectivity index (χ4n) is 5.42.